The van der Waals surface area contributed by atoms with Gasteiger partial charge in [-0.15, -0.1) is 0 Å². The summed E-state index contributed by atoms with van der Waals surface area (Å²) < 4.78 is 12.9. The minimum absolute atomic E-state index is 0.0706. The molecule has 1 aromatic carbocycles. The molecule has 84 valence electrons. The van der Waals surface area contributed by atoms with E-state index in [4.69, 9.17) is 17.3 Å². The molecule has 0 fully saturated rings. The van der Waals surface area contributed by atoms with E-state index < -0.39 is 0 Å². The van der Waals surface area contributed by atoms with Gasteiger partial charge in [-0.05, 0) is 42.5 Å². The van der Waals surface area contributed by atoms with Gasteiger partial charge in [-0.1, -0.05) is 31.5 Å². The Bertz CT molecular complexity index is 334. The molecule has 0 aromatic heterocycles. The summed E-state index contributed by atoms with van der Waals surface area (Å²) in [5.41, 5.74) is 6.84. The van der Waals surface area contributed by atoms with Crippen LogP contribution in [0.5, 0.6) is 0 Å². The SMILES string of the molecule is CCC(C)(CN)Cc1ccc(F)c(Cl)c1. The van der Waals surface area contributed by atoms with E-state index in [0.717, 1.165) is 18.4 Å². The predicted molar refractivity (Wildman–Crippen MR) is 62.6 cm³/mol. The third-order valence-corrected chi connectivity index (χ3v) is 3.25. The Morgan fingerprint density at radius 2 is 2.13 bits per heavy atom. The Balaban J connectivity index is 2.85. The normalized spacial score (nSPS) is 15.0. The monoisotopic (exact) mass is 229 g/mol. The molecular formula is C12H17ClFN. The summed E-state index contributed by atoms with van der Waals surface area (Å²) in [4.78, 5) is 0. The molecule has 1 unspecified atom stereocenters. The lowest BCUT2D eigenvalue weighted by molar-refractivity contribution is 0.320. The maximum absolute atomic E-state index is 12.9. The van der Waals surface area contributed by atoms with Crippen LogP contribution in [0.4, 0.5) is 4.39 Å². The van der Waals surface area contributed by atoms with Crippen molar-refractivity contribution in [3.05, 3.63) is 34.6 Å². The second kappa shape index (κ2) is 4.95. The summed E-state index contributed by atoms with van der Waals surface area (Å²) in [6, 6.07) is 4.86. The molecule has 1 atom stereocenters. The van der Waals surface area contributed by atoms with Crippen molar-refractivity contribution in [2.24, 2.45) is 11.1 Å². The number of hydrogen-bond acceptors (Lipinski definition) is 1. The summed E-state index contributed by atoms with van der Waals surface area (Å²) in [6.07, 6.45) is 1.83. The van der Waals surface area contributed by atoms with Crippen molar-refractivity contribution in [3.63, 3.8) is 0 Å². The Morgan fingerprint density at radius 1 is 1.47 bits per heavy atom. The Morgan fingerprint density at radius 3 is 2.60 bits per heavy atom. The molecule has 0 amide bonds. The van der Waals surface area contributed by atoms with Gasteiger partial charge in [0.05, 0.1) is 5.02 Å². The average Bonchev–Trinajstić information content (AvgIpc) is 2.23. The Hall–Kier alpha value is -0.600. The van der Waals surface area contributed by atoms with Crippen LogP contribution < -0.4 is 5.73 Å². The quantitative estimate of drug-likeness (QED) is 0.842. The highest BCUT2D eigenvalue weighted by atomic mass is 35.5. The third-order valence-electron chi connectivity index (χ3n) is 2.96. The van der Waals surface area contributed by atoms with E-state index in [1.165, 1.54) is 6.07 Å². The fraction of sp³-hybridized carbons (Fsp3) is 0.500. The highest BCUT2D eigenvalue weighted by molar-refractivity contribution is 6.30. The fourth-order valence-corrected chi connectivity index (χ4v) is 1.69. The molecule has 0 radical (unpaired) electrons. The van der Waals surface area contributed by atoms with Gasteiger partial charge in [0.1, 0.15) is 5.82 Å². The maximum Gasteiger partial charge on any atom is 0.141 e. The molecule has 0 aliphatic carbocycles. The molecular weight excluding hydrogens is 213 g/mol. The van der Waals surface area contributed by atoms with Gasteiger partial charge in [-0.2, -0.15) is 0 Å². The summed E-state index contributed by atoms with van der Waals surface area (Å²) in [6.45, 7) is 4.86. The van der Waals surface area contributed by atoms with Crippen LogP contribution in [0.2, 0.25) is 5.02 Å². The Kier molecular flexibility index (Phi) is 4.12. The number of halogens is 2. The van der Waals surface area contributed by atoms with E-state index >= 15 is 0 Å². The predicted octanol–water partition coefficient (Wildman–Crippen LogP) is 3.40. The molecule has 2 N–H and O–H groups in total. The largest absolute Gasteiger partial charge is 0.330 e. The molecule has 0 saturated carbocycles. The van der Waals surface area contributed by atoms with Gasteiger partial charge in [0.2, 0.25) is 0 Å². The minimum atomic E-state index is -0.369. The molecule has 0 aliphatic rings. The third kappa shape index (κ3) is 3.18. The molecule has 1 nitrogen and oxygen atoms in total. The fourth-order valence-electron chi connectivity index (χ4n) is 1.48. The number of hydrogen-bond donors (Lipinski definition) is 1. The van der Waals surface area contributed by atoms with Gasteiger partial charge in [-0.3, -0.25) is 0 Å². The van der Waals surface area contributed by atoms with E-state index in [1.807, 2.05) is 0 Å². The van der Waals surface area contributed by atoms with Gasteiger partial charge in [0.25, 0.3) is 0 Å². The van der Waals surface area contributed by atoms with Gasteiger partial charge >= 0.3 is 0 Å². The molecule has 0 spiro atoms. The van der Waals surface area contributed by atoms with Crippen molar-refractivity contribution >= 4 is 11.6 Å². The maximum atomic E-state index is 12.9. The number of nitrogens with two attached hydrogens (primary N) is 1. The van der Waals surface area contributed by atoms with Crippen molar-refractivity contribution < 1.29 is 4.39 Å². The van der Waals surface area contributed by atoms with Gasteiger partial charge in [0.15, 0.2) is 0 Å². The van der Waals surface area contributed by atoms with Gasteiger partial charge < -0.3 is 5.73 Å². The van der Waals surface area contributed by atoms with Gasteiger partial charge in [0, 0.05) is 0 Å². The smallest absolute Gasteiger partial charge is 0.141 e. The zero-order valence-electron chi connectivity index (χ0n) is 9.19. The molecule has 0 heterocycles. The Labute approximate surface area is 95.4 Å². The minimum Gasteiger partial charge on any atom is -0.330 e. The van der Waals surface area contributed by atoms with Crippen molar-refractivity contribution in [3.8, 4) is 0 Å². The van der Waals surface area contributed by atoms with Crippen molar-refractivity contribution in [1.29, 1.82) is 0 Å². The summed E-state index contributed by atoms with van der Waals surface area (Å²) >= 11 is 5.72. The zero-order chi connectivity index (χ0) is 11.5. The molecule has 1 aromatic rings. The van der Waals surface area contributed by atoms with Crippen molar-refractivity contribution in [1.82, 2.24) is 0 Å². The standard InChI is InChI=1S/C12H17ClFN/c1-3-12(2,8-15)7-9-4-5-11(14)10(13)6-9/h4-6H,3,7-8,15H2,1-2H3. The van der Waals surface area contributed by atoms with Crippen LogP contribution in [-0.4, -0.2) is 6.54 Å². The van der Waals surface area contributed by atoms with E-state index in [9.17, 15) is 4.39 Å². The van der Waals surface area contributed by atoms with Crippen LogP contribution in [0, 0.1) is 11.2 Å². The molecule has 0 saturated heterocycles. The first-order valence-corrected chi connectivity index (χ1v) is 5.52. The number of benzene rings is 1. The van der Waals surface area contributed by atoms with E-state index in [0.29, 0.717) is 6.54 Å². The van der Waals surface area contributed by atoms with Crippen LogP contribution in [0.3, 0.4) is 0 Å². The average molecular weight is 230 g/mol. The molecule has 1 rings (SSSR count). The topological polar surface area (TPSA) is 26.0 Å². The first-order valence-electron chi connectivity index (χ1n) is 5.15. The summed E-state index contributed by atoms with van der Waals surface area (Å²) in [5, 5.41) is 0.183. The lowest BCUT2D eigenvalue weighted by Crippen LogP contribution is -2.28. The summed E-state index contributed by atoms with van der Waals surface area (Å²) in [5.74, 6) is -0.369. The van der Waals surface area contributed by atoms with Crippen LogP contribution in [0.15, 0.2) is 18.2 Å². The van der Waals surface area contributed by atoms with Crippen molar-refractivity contribution in [2.45, 2.75) is 26.7 Å². The summed E-state index contributed by atoms with van der Waals surface area (Å²) in [7, 11) is 0. The second-order valence-corrected chi connectivity index (χ2v) is 4.70. The number of rotatable bonds is 4. The molecule has 3 heteroatoms. The van der Waals surface area contributed by atoms with E-state index in [2.05, 4.69) is 13.8 Å². The molecule has 0 aliphatic heterocycles. The highest BCUT2D eigenvalue weighted by Gasteiger charge is 2.20. The van der Waals surface area contributed by atoms with Crippen LogP contribution in [0.25, 0.3) is 0 Å². The molecule has 15 heavy (non-hydrogen) atoms. The first kappa shape index (κ1) is 12.5. The first-order chi connectivity index (χ1) is 7.00. The molecule has 0 bridgehead atoms. The van der Waals surface area contributed by atoms with Crippen molar-refractivity contribution in [2.75, 3.05) is 6.54 Å². The van der Waals surface area contributed by atoms with E-state index in [-0.39, 0.29) is 16.3 Å². The van der Waals surface area contributed by atoms with Crippen LogP contribution in [-0.2, 0) is 6.42 Å². The van der Waals surface area contributed by atoms with Crippen LogP contribution >= 0.6 is 11.6 Å². The highest BCUT2D eigenvalue weighted by Crippen LogP contribution is 2.27. The van der Waals surface area contributed by atoms with Crippen LogP contribution in [0.1, 0.15) is 25.8 Å². The lowest BCUT2D eigenvalue weighted by Gasteiger charge is -2.26. The van der Waals surface area contributed by atoms with Gasteiger partial charge in [-0.25, -0.2) is 4.39 Å². The second-order valence-electron chi connectivity index (χ2n) is 4.29. The van der Waals surface area contributed by atoms with E-state index in [1.54, 1.807) is 12.1 Å². The lowest BCUT2D eigenvalue weighted by atomic mass is 9.81. The zero-order valence-corrected chi connectivity index (χ0v) is 9.94.